The maximum Gasteiger partial charge on any atom is 0.417 e. The Morgan fingerprint density at radius 1 is 0.889 bits per heavy atom. The summed E-state index contributed by atoms with van der Waals surface area (Å²) < 4.78 is 9.37. The van der Waals surface area contributed by atoms with Crippen molar-refractivity contribution in [3.63, 3.8) is 0 Å². The van der Waals surface area contributed by atoms with Crippen LogP contribution in [0.4, 0.5) is 0 Å². The maximum absolute atomic E-state index is 11.2. The van der Waals surface area contributed by atoms with Crippen molar-refractivity contribution in [1.29, 1.82) is 0 Å². The highest BCUT2D eigenvalue weighted by molar-refractivity contribution is 7.80. The molecule has 106 valence electrons. The number of hydrogen-bond acceptors (Lipinski definition) is 8. The fraction of sp³-hybridized carbons (Fsp3) is 0.800. The van der Waals surface area contributed by atoms with E-state index in [2.05, 4.69) is 34.7 Å². The molecule has 0 radical (unpaired) electrons. The van der Waals surface area contributed by atoms with E-state index in [1.807, 2.05) is 0 Å². The molecule has 6 nitrogen and oxygen atoms in total. The van der Waals surface area contributed by atoms with Crippen molar-refractivity contribution >= 4 is 37.2 Å². The van der Waals surface area contributed by atoms with Gasteiger partial charge in [0.15, 0.2) is 0 Å². The van der Waals surface area contributed by atoms with Crippen molar-refractivity contribution in [3.8, 4) is 0 Å². The lowest BCUT2D eigenvalue weighted by atomic mass is 10.3. The monoisotopic (exact) mass is 296 g/mol. The van der Waals surface area contributed by atoms with Crippen LogP contribution < -0.4 is 11.5 Å². The molecule has 18 heavy (non-hydrogen) atoms. The molecule has 0 rings (SSSR count). The summed E-state index contributed by atoms with van der Waals surface area (Å²) in [5.74, 6) is -1.05. The number of rotatable bonds is 8. The number of nitrogens with two attached hydrogens (primary N) is 2. The van der Waals surface area contributed by atoms with E-state index in [0.717, 1.165) is 0 Å². The number of ether oxygens (including phenoxy) is 2. The molecule has 0 aromatic carbocycles. The van der Waals surface area contributed by atoms with Crippen molar-refractivity contribution in [1.82, 2.24) is 0 Å². The number of carbonyl (C=O) groups excluding carboxylic acids is 2. The Bertz CT molecular complexity index is 240. The van der Waals surface area contributed by atoms with Crippen molar-refractivity contribution in [2.24, 2.45) is 11.5 Å². The van der Waals surface area contributed by atoms with Gasteiger partial charge < -0.3 is 20.9 Å². The molecular weight excluding hydrogens is 276 g/mol. The Morgan fingerprint density at radius 2 is 1.22 bits per heavy atom. The number of hydrogen-bond donors (Lipinski definition) is 4. The highest BCUT2D eigenvalue weighted by Gasteiger charge is 2.17. The van der Waals surface area contributed by atoms with Gasteiger partial charge in [-0.1, -0.05) is 0 Å². The second kappa shape index (κ2) is 10.5. The summed E-state index contributed by atoms with van der Waals surface area (Å²) in [5.41, 5.74) is 11.1. The summed E-state index contributed by atoms with van der Waals surface area (Å²) in [6.07, 6.45) is 0.903. The zero-order chi connectivity index (χ0) is 14.0. The molecule has 0 aliphatic heterocycles. The first-order chi connectivity index (χ1) is 8.51. The van der Waals surface area contributed by atoms with Gasteiger partial charge in [0.1, 0.15) is 0 Å². The standard InChI is InChI=1S/C10H20N2O4S2/c11-7(5-17)1-3-15-9(13)10(14)16-4-2-8(12)6-18/h7-8,17-18H,1-6,11-12H2. The first-order valence-corrected chi connectivity index (χ1v) is 6.84. The first-order valence-electron chi connectivity index (χ1n) is 5.58. The molecule has 0 bridgehead atoms. The number of carbonyl (C=O) groups is 2. The fourth-order valence-corrected chi connectivity index (χ4v) is 1.27. The van der Waals surface area contributed by atoms with Gasteiger partial charge in [-0.3, -0.25) is 0 Å². The van der Waals surface area contributed by atoms with Crippen LogP contribution in [-0.2, 0) is 19.1 Å². The van der Waals surface area contributed by atoms with Crippen molar-refractivity contribution < 1.29 is 19.1 Å². The van der Waals surface area contributed by atoms with Crippen LogP contribution in [-0.4, -0.2) is 48.7 Å². The van der Waals surface area contributed by atoms with Gasteiger partial charge in [0, 0.05) is 23.6 Å². The van der Waals surface area contributed by atoms with Gasteiger partial charge in [0.2, 0.25) is 0 Å². The van der Waals surface area contributed by atoms with Crippen LogP contribution in [0.15, 0.2) is 0 Å². The van der Waals surface area contributed by atoms with E-state index in [1.54, 1.807) is 0 Å². The second-order valence-electron chi connectivity index (χ2n) is 3.73. The molecule has 0 fully saturated rings. The smallest absolute Gasteiger partial charge is 0.417 e. The first kappa shape index (κ1) is 17.6. The average Bonchev–Trinajstić information content (AvgIpc) is 2.37. The van der Waals surface area contributed by atoms with E-state index in [4.69, 9.17) is 11.5 Å². The summed E-state index contributed by atoms with van der Waals surface area (Å²) in [6.45, 7) is 0.150. The molecule has 0 amide bonds. The Hall–Kier alpha value is -0.440. The average molecular weight is 296 g/mol. The Kier molecular flexibility index (Phi) is 10.2. The summed E-state index contributed by atoms with van der Waals surface area (Å²) in [5, 5.41) is 0. The molecule has 0 aliphatic rings. The molecule has 0 heterocycles. The van der Waals surface area contributed by atoms with E-state index < -0.39 is 11.9 Å². The highest BCUT2D eigenvalue weighted by Crippen LogP contribution is 1.96. The van der Waals surface area contributed by atoms with E-state index in [0.29, 0.717) is 24.3 Å². The zero-order valence-electron chi connectivity index (χ0n) is 10.1. The van der Waals surface area contributed by atoms with Crippen molar-refractivity contribution in [2.45, 2.75) is 24.9 Å². The predicted octanol–water partition coefficient (Wildman–Crippen LogP) is -0.633. The van der Waals surface area contributed by atoms with Crippen LogP contribution in [0.2, 0.25) is 0 Å². The second-order valence-corrected chi connectivity index (χ2v) is 4.46. The van der Waals surface area contributed by atoms with Gasteiger partial charge in [-0.05, 0) is 12.8 Å². The predicted molar refractivity (Wildman–Crippen MR) is 74.8 cm³/mol. The van der Waals surface area contributed by atoms with Crippen LogP contribution in [0.25, 0.3) is 0 Å². The molecular formula is C10H20N2O4S2. The van der Waals surface area contributed by atoms with Gasteiger partial charge in [0.05, 0.1) is 13.2 Å². The molecule has 0 spiro atoms. The van der Waals surface area contributed by atoms with Crippen LogP contribution >= 0.6 is 25.3 Å². The van der Waals surface area contributed by atoms with E-state index in [1.165, 1.54) is 0 Å². The van der Waals surface area contributed by atoms with Crippen LogP contribution in [0.5, 0.6) is 0 Å². The van der Waals surface area contributed by atoms with Crippen LogP contribution in [0.3, 0.4) is 0 Å². The Balaban J connectivity index is 3.67. The zero-order valence-corrected chi connectivity index (χ0v) is 11.9. The summed E-state index contributed by atoms with van der Waals surface area (Å²) in [6, 6.07) is -0.323. The Labute approximate surface area is 118 Å². The summed E-state index contributed by atoms with van der Waals surface area (Å²) in [7, 11) is 0. The lowest BCUT2D eigenvalue weighted by Gasteiger charge is -2.10. The fourth-order valence-electron chi connectivity index (χ4n) is 0.906. The minimum absolute atomic E-state index is 0.0752. The quantitative estimate of drug-likeness (QED) is 0.270. The third-order valence-corrected chi connectivity index (χ3v) is 3.02. The molecule has 0 aromatic rings. The molecule has 8 heteroatoms. The number of esters is 2. The van der Waals surface area contributed by atoms with Gasteiger partial charge in [-0.25, -0.2) is 9.59 Å². The maximum atomic E-state index is 11.2. The molecule has 0 aliphatic carbocycles. The lowest BCUT2D eigenvalue weighted by molar-refractivity contribution is -0.167. The van der Waals surface area contributed by atoms with Gasteiger partial charge in [0.25, 0.3) is 0 Å². The largest absolute Gasteiger partial charge is 0.457 e. The van der Waals surface area contributed by atoms with Crippen LogP contribution in [0.1, 0.15) is 12.8 Å². The minimum atomic E-state index is -1.01. The molecule has 2 atom stereocenters. The van der Waals surface area contributed by atoms with E-state index >= 15 is 0 Å². The Morgan fingerprint density at radius 3 is 1.50 bits per heavy atom. The molecule has 0 saturated carbocycles. The van der Waals surface area contributed by atoms with E-state index in [9.17, 15) is 9.59 Å². The number of thiol groups is 2. The third-order valence-electron chi connectivity index (χ3n) is 2.08. The highest BCUT2D eigenvalue weighted by atomic mass is 32.1. The molecule has 2 unspecified atom stereocenters. The summed E-state index contributed by atoms with van der Waals surface area (Å²) in [4.78, 5) is 22.3. The van der Waals surface area contributed by atoms with Gasteiger partial charge >= 0.3 is 11.9 Å². The van der Waals surface area contributed by atoms with Crippen LogP contribution in [0, 0.1) is 0 Å². The molecule has 4 N–H and O–H groups in total. The normalized spacial score (nSPS) is 13.8. The summed E-state index contributed by atoms with van der Waals surface area (Å²) >= 11 is 7.96. The van der Waals surface area contributed by atoms with Gasteiger partial charge in [-0.2, -0.15) is 25.3 Å². The van der Waals surface area contributed by atoms with Crippen molar-refractivity contribution in [2.75, 3.05) is 24.7 Å². The van der Waals surface area contributed by atoms with E-state index in [-0.39, 0.29) is 25.3 Å². The molecule has 0 saturated heterocycles. The SMILES string of the molecule is NC(CS)CCOC(=O)C(=O)OCCC(N)CS. The molecule has 0 aromatic heterocycles. The van der Waals surface area contributed by atoms with Crippen molar-refractivity contribution in [3.05, 3.63) is 0 Å². The minimum Gasteiger partial charge on any atom is -0.457 e. The lowest BCUT2D eigenvalue weighted by Crippen LogP contribution is -2.28. The third kappa shape index (κ3) is 8.62. The van der Waals surface area contributed by atoms with Gasteiger partial charge in [-0.15, -0.1) is 0 Å². The topological polar surface area (TPSA) is 105 Å².